The lowest BCUT2D eigenvalue weighted by Crippen LogP contribution is -2.42. The summed E-state index contributed by atoms with van der Waals surface area (Å²) < 4.78 is 0. The summed E-state index contributed by atoms with van der Waals surface area (Å²) in [5.74, 6) is 0.106. The summed E-state index contributed by atoms with van der Waals surface area (Å²) in [6.07, 6.45) is 1.68. The van der Waals surface area contributed by atoms with Gasteiger partial charge in [-0.25, -0.2) is 0 Å². The number of hydrogen-bond donors (Lipinski definition) is 1. The fraction of sp³-hybridized carbons (Fsp3) is 0.417. The van der Waals surface area contributed by atoms with Gasteiger partial charge in [0.25, 0.3) is 0 Å². The maximum Gasteiger partial charge on any atom is 0.225 e. The average molecular weight is 379 g/mol. The third kappa shape index (κ3) is 4.27. The molecule has 0 saturated carbocycles. The van der Waals surface area contributed by atoms with Crippen LogP contribution in [0.25, 0.3) is 11.1 Å². The highest BCUT2D eigenvalue weighted by atomic mass is 16.2. The van der Waals surface area contributed by atoms with E-state index in [4.69, 9.17) is 5.73 Å². The average Bonchev–Trinajstić information content (AvgIpc) is 3.07. The number of carbonyl (C=O) groups is 2. The molecule has 0 aliphatic carbocycles. The van der Waals surface area contributed by atoms with Gasteiger partial charge in [0.2, 0.25) is 11.8 Å². The van der Waals surface area contributed by atoms with Crippen molar-refractivity contribution in [3.05, 3.63) is 59.7 Å². The third-order valence-electron chi connectivity index (χ3n) is 5.69. The Morgan fingerprint density at radius 2 is 1.89 bits per heavy atom. The van der Waals surface area contributed by atoms with Gasteiger partial charge in [-0.05, 0) is 42.4 Å². The van der Waals surface area contributed by atoms with Gasteiger partial charge in [-0.1, -0.05) is 67.9 Å². The molecular formula is C24H30N2O2. The predicted octanol–water partition coefficient (Wildman–Crippen LogP) is 3.95. The molecule has 1 atom stereocenters. The van der Waals surface area contributed by atoms with E-state index in [-0.39, 0.29) is 11.8 Å². The van der Waals surface area contributed by atoms with E-state index in [0.29, 0.717) is 38.3 Å². The largest absolute Gasteiger partial charge is 0.369 e. The van der Waals surface area contributed by atoms with Crippen LogP contribution in [-0.4, -0.2) is 29.8 Å². The van der Waals surface area contributed by atoms with Crippen molar-refractivity contribution in [3.8, 4) is 11.1 Å². The number of hydrogen-bond acceptors (Lipinski definition) is 2. The van der Waals surface area contributed by atoms with Crippen LogP contribution in [0.1, 0.15) is 37.8 Å². The van der Waals surface area contributed by atoms with E-state index in [1.807, 2.05) is 36.9 Å². The molecule has 1 fully saturated rings. The van der Waals surface area contributed by atoms with Crippen molar-refractivity contribution in [2.24, 2.45) is 17.1 Å². The number of nitrogens with zero attached hydrogens (tertiary/aromatic N) is 1. The summed E-state index contributed by atoms with van der Waals surface area (Å²) in [7, 11) is 0. The first-order valence-corrected chi connectivity index (χ1v) is 10.0. The quantitative estimate of drug-likeness (QED) is 0.827. The van der Waals surface area contributed by atoms with Gasteiger partial charge in [-0.2, -0.15) is 0 Å². The van der Waals surface area contributed by atoms with Gasteiger partial charge in [0, 0.05) is 19.5 Å². The second-order valence-corrected chi connectivity index (χ2v) is 8.51. The first-order chi connectivity index (χ1) is 13.3. The Morgan fingerprint density at radius 3 is 2.57 bits per heavy atom. The molecule has 1 aliphatic heterocycles. The van der Waals surface area contributed by atoms with E-state index in [1.54, 1.807) is 0 Å². The highest BCUT2D eigenvalue weighted by Gasteiger charge is 2.45. The van der Waals surface area contributed by atoms with Gasteiger partial charge >= 0.3 is 0 Å². The summed E-state index contributed by atoms with van der Waals surface area (Å²) in [4.78, 5) is 26.8. The van der Waals surface area contributed by atoms with Crippen LogP contribution >= 0.6 is 0 Å². The van der Waals surface area contributed by atoms with Gasteiger partial charge in [-0.15, -0.1) is 0 Å². The Kier molecular flexibility index (Phi) is 5.87. The van der Waals surface area contributed by atoms with Crippen LogP contribution in [0.2, 0.25) is 0 Å². The molecule has 1 aliphatic rings. The highest BCUT2D eigenvalue weighted by Crippen LogP contribution is 2.37. The molecule has 3 rings (SSSR count). The second kappa shape index (κ2) is 8.17. The molecule has 0 bridgehead atoms. The van der Waals surface area contributed by atoms with Crippen molar-refractivity contribution in [1.82, 2.24) is 4.90 Å². The van der Waals surface area contributed by atoms with Gasteiger partial charge in [0.05, 0.1) is 5.41 Å². The first-order valence-electron chi connectivity index (χ1n) is 10.0. The van der Waals surface area contributed by atoms with Crippen molar-refractivity contribution in [2.45, 2.75) is 40.0 Å². The zero-order chi connectivity index (χ0) is 20.3. The van der Waals surface area contributed by atoms with Crippen LogP contribution in [0.4, 0.5) is 0 Å². The molecule has 0 unspecified atom stereocenters. The summed E-state index contributed by atoms with van der Waals surface area (Å²) >= 11 is 0. The molecule has 4 heteroatoms. The number of primary amides is 1. The Bertz CT molecular complexity index is 874. The smallest absolute Gasteiger partial charge is 0.225 e. The summed E-state index contributed by atoms with van der Waals surface area (Å²) in [6, 6.07) is 16.6. The van der Waals surface area contributed by atoms with E-state index < -0.39 is 5.41 Å². The van der Waals surface area contributed by atoms with Crippen LogP contribution in [0.3, 0.4) is 0 Å². The van der Waals surface area contributed by atoms with E-state index in [0.717, 1.165) is 16.7 Å². The molecule has 148 valence electrons. The van der Waals surface area contributed by atoms with Crippen LogP contribution in [0.5, 0.6) is 0 Å². The predicted molar refractivity (Wildman–Crippen MR) is 113 cm³/mol. The topological polar surface area (TPSA) is 63.4 Å². The minimum Gasteiger partial charge on any atom is -0.369 e. The van der Waals surface area contributed by atoms with Crippen LogP contribution < -0.4 is 5.73 Å². The molecule has 0 aromatic heterocycles. The molecule has 0 radical (unpaired) electrons. The minimum atomic E-state index is -0.702. The van der Waals surface area contributed by atoms with Crippen molar-refractivity contribution in [2.75, 3.05) is 13.1 Å². The Hall–Kier alpha value is -2.62. The molecule has 0 spiro atoms. The lowest BCUT2D eigenvalue weighted by atomic mass is 9.78. The van der Waals surface area contributed by atoms with E-state index in [9.17, 15) is 9.59 Å². The molecule has 2 amide bonds. The number of benzene rings is 2. The number of carbonyl (C=O) groups excluding carboxylic acids is 2. The van der Waals surface area contributed by atoms with Gasteiger partial charge < -0.3 is 10.6 Å². The summed E-state index contributed by atoms with van der Waals surface area (Å²) in [5.41, 5.74) is 9.74. The molecular weight excluding hydrogens is 348 g/mol. The second-order valence-electron chi connectivity index (χ2n) is 8.51. The van der Waals surface area contributed by atoms with Crippen LogP contribution in [0.15, 0.2) is 48.5 Å². The Labute approximate surface area is 167 Å². The fourth-order valence-corrected chi connectivity index (χ4v) is 4.13. The number of amides is 2. The zero-order valence-electron chi connectivity index (χ0n) is 17.1. The third-order valence-corrected chi connectivity index (χ3v) is 5.69. The zero-order valence-corrected chi connectivity index (χ0v) is 17.1. The van der Waals surface area contributed by atoms with Gasteiger partial charge in [0.15, 0.2) is 0 Å². The summed E-state index contributed by atoms with van der Waals surface area (Å²) in [5, 5.41) is 0. The molecule has 2 N–H and O–H groups in total. The molecule has 28 heavy (non-hydrogen) atoms. The Morgan fingerprint density at radius 1 is 1.14 bits per heavy atom. The SMILES string of the molecule is Cc1cccc(-c2ccccc2C[C@@]2(C(N)=O)CCN(C(=O)CC(C)C)C2)c1. The number of likely N-dealkylation sites (tertiary alicyclic amines) is 1. The highest BCUT2D eigenvalue weighted by molar-refractivity contribution is 5.85. The molecule has 4 nitrogen and oxygen atoms in total. The lowest BCUT2D eigenvalue weighted by Gasteiger charge is -2.27. The molecule has 1 heterocycles. The first kappa shape index (κ1) is 20.1. The van der Waals surface area contributed by atoms with Gasteiger partial charge in [0.1, 0.15) is 0 Å². The minimum absolute atomic E-state index is 0.116. The van der Waals surface area contributed by atoms with Crippen molar-refractivity contribution >= 4 is 11.8 Å². The molecule has 2 aromatic rings. The van der Waals surface area contributed by atoms with Crippen molar-refractivity contribution in [1.29, 1.82) is 0 Å². The number of nitrogens with two attached hydrogens (primary N) is 1. The van der Waals surface area contributed by atoms with E-state index in [1.165, 1.54) is 5.56 Å². The summed E-state index contributed by atoms with van der Waals surface area (Å²) in [6.45, 7) is 7.16. The standard InChI is InChI=1S/C24H30N2O2/c1-17(2)13-22(27)26-12-11-24(16-26,23(25)28)15-20-8-4-5-10-21(20)19-9-6-7-18(3)14-19/h4-10,14,17H,11-13,15-16H2,1-3H3,(H2,25,28)/t24-/m0/s1. The lowest BCUT2D eigenvalue weighted by molar-refractivity contribution is -0.132. The Balaban J connectivity index is 1.89. The normalized spacial score (nSPS) is 19.2. The maximum absolute atomic E-state index is 12.5. The van der Waals surface area contributed by atoms with Crippen LogP contribution in [0, 0.1) is 18.3 Å². The molecule has 1 saturated heterocycles. The fourth-order valence-electron chi connectivity index (χ4n) is 4.13. The monoisotopic (exact) mass is 378 g/mol. The molecule has 2 aromatic carbocycles. The number of aryl methyl sites for hydroxylation is 1. The maximum atomic E-state index is 12.5. The van der Waals surface area contributed by atoms with Crippen molar-refractivity contribution in [3.63, 3.8) is 0 Å². The number of rotatable bonds is 6. The van der Waals surface area contributed by atoms with E-state index >= 15 is 0 Å². The van der Waals surface area contributed by atoms with Crippen LogP contribution in [-0.2, 0) is 16.0 Å². The van der Waals surface area contributed by atoms with Crippen molar-refractivity contribution < 1.29 is 9.59 Å². The van der Waals surface area contributed by atoms with E-state index in [2.05, 4.69) is 37.3 Å². The van der Waals surface area contributed by atoms with Gasteiger partial charge in [-0.3, -0.25) is 9.59 Å².